The number of hydrogen-bond acceptors (Lipinski definition) is 5. The number of anilines is 1. The summed E-state index contributed by atoms with van der Waals surface area (Å²) in [6.07, 6.45) is 4.91. The van der Waals surface area contributed by atoms with Crippen LogP contribution in [0.1, 0.15) is 45.7 Å². The summed E-state index contributed by atoms with van der Waals surface area (Å²) in [5.74, 6) is -0.416. The van der Waals surface area contributed by atoms with Crippen LogP contribution in [0.15, 0.2) is 48.7 Å². The van der Waals surface area contributed by atoms with E-state index in [1.165, 1.54) is 65.5 Å². The lowest BCUT2D eigenvalue weighted by atomic mass is 9.99. The first-order valence-electron chi connectivity index (χ1n) is 12.3. The van der Waals surface area contributed by atoms with Gasteiger partial charge in [-0.3, -0.25) is 4.90 Å². The number of aromatic amines is 1. The molecule has 4 heterocycles. The van der Waals surface area contributed by atoms with Gasteiger partial charge in [-0.25, -0.2) is 14.8 Å². The zero-order valence-electron chi connectivity index (χ0n) is 19.9. The Bertz CT molecular complexity index is 1400. The zero-order chi connectivity index (χ0) is 23.9. The standard InChI is InChI=1S/C28H29N5O2/c1-18-23(27(34)35)15-29-28(30-18)33-13-10-26-24(17-33)22-14-21(8-9-25(22)31-26)20-6-4-19(5-7-20)16-32-11-2-3-12-32/h4-9,14-15,31H,2-3,10-13,16-17H2,1H3,(H,34,35). The lowest BCUT2D eigenvalue weighted by Crippen LogP contribution is -2.31. The highest BCUT2D eigenvalue weighted by molar-refractivity contribution is 5.90. The van der Waals surface area contributed by atoms with E-state index in [1.807, 2.05) is 0 Å². The minimum absolute atomic E-state index is 0.148. The molecule has 2 aliphatic heterocycles. The molecule has 2 aromatic carbocycles. The average Bonchev–Trinajstić information content (AvgIpc) is 3.51. The number of carbonyl (C=O) groups is 1. The summed E-state index contributed by atoms with van der Waals surface area (Å²) < 4.78 is 0. The second-order valence-corrected chi connectivity index (χ2v) is 9.67. The molecule has 0 atom stereocenters. The Balaban J connectivity index is 1.27. The molecule has 7 nitrogen and oxygen atoms in total. The van der Waals surface area contributed by atoms with Crippen LogP contribution in [0.4, 0.5) is 5.95 Å². The normalized spacial score (nSPS) is 16.1. The Labute approximate surface area is 204 Å². The summed E-state index contributed by atoms with van der Waals surface area (Å²) in [6.45, 7) is 6.66. The minimum atomic E-state index is -0.997. The number of fused-ring (bicyclic) bond motifs is 3. The molecule has 0 radical (unpaired) electrons. The molecule has 0 saturated carbocycles. The quantitative estimate of drug-likeness (QED) is 0.439. The highest BCUT2D eigenvalue weighted by atomic mass is 16.4. The molecule has 1 saturated heterocycles. The molecule has 4 aromatic rings. The first-order valence-corrected chi connectivity index (χ1v) is 12.3. The van der Waals surface area contributed by atoms with Gasteiger partial charge < -0.3 is 15.0 Å². The number of carboxylic acids is 1. The Morgan fingerprint density at radius 1 is 1.06 bits per heavy atom. The van der Waals surface area contributed by atoms with Crippen molar-refractivity contribution in [2.75, 3.05) is 24.5 Å². The van der Waals surface area contributed by atoms with Gasteiger partial charge in [0.25, 0.3) is 0 Å². The lowest BCUT2D eigenvalue weighted by Gasteiger charge is -2.27. The van der Waals surface area contributed by atoms with E-state index < -0.39 is 5.97 Å². The van der Waals surface area contributed by atoms with Crippen LogP contribution in [0.5, 0.6) is 0 Å². The van der Waals surface area contributed by atoms with Gasteiger partial charge in [-0.2, -0.15) is 0 Å². The number of benzene rings is 2. The number of H-pyrrole nitrogens is 1. The van der Waals surface area contributed by atoms with E-state index in [9.17, 15) is 9.90 Å². The van der Waals surface area contributed by atoms with Crippen LogP contribution in [0.25, 0.3) is 22.0 Å². The van der Waals surface area contributed by atoms with E-state index in [1.54, 1.807) is 6.92 Å². The van der Waals surface area contributed by atoms with E-state index in [0.717, 1.165) is 25.0 Å². The first kappa shape index (κ1) is 21.8. The third kappa shape index (κ3) is 4.17. The minimum Gasteiger partial charge on any atom is -0.478 e. The molecule has 178 valence electrons. The Kier molecular flexibility index (Phi) is 5.49. The second-order valence-electron chi connectivity index (χ2n) is 9.67. The maximum absolute atomic E-state index is 11.3. The number of rotatable bonds is 5. The molecule has 1 fully saturated rings. The van der Waals surface area contributed by atoms with E-state index >= 15 is 0 Å². The van der Waals surface area contributed by atoms with Gasteiger partial charge in [0.1, 0.15) is 0 Å². The van der Waals surface area contributed by atoms with Crippen molar-refractivity contribution in [3.63, 3.8) is 0 Å². The van der Waals surface area contributed by atoms with Gasteiger partial charge in [0.2, 0.25) is 5.95 Å². The molecule has 2 aromatic heterocycles. The molecule has 0 spiro atoms. The number of likely N-dealkylation sites (tertiary alicyclic amines) is 1. The number of nitrogens with one attached hydrogen (secondary N) is 1. The summed E-state index contributed by atoms with van der Waals surface area (Å²) in [5, 5.41) is 10.5. The number of hydrogen-bond donors (Lipinski definition) is 2. The van der Waals surface area contributed by atoms with Crippen LogP contribution in [-0.2, 0) is 19.5 Å². The largest absolute Gasteiger partial charge is 0.478 e. The molecule has 0 bridgehead atoms. The highest BCUT2D eigenvalue weighted by Crippen LogP contribution is 2.33. The van der Waals surface area contributed by atoms with Gasteiger partial charge in [0, 0.05) is 54.4 Å². The van der Waals surface area contributed by atoms with Crippen molar-refractivity contribution >= 4 is 22.8 Å². The molecule has 2 N–H and O–H groups in total. The number of nitrogens with zero attached hydrogens (tertiary/aromatic N) is 4. The van der Waals surface area contributed by atoms with Crippen molar-refractivity contribution in [1.29, 1.82) is 0 Å². The molecule has 0 unspecified atom stereocenters. The molecule has 35 heavy (non-hydrogen) atoms. The maximum atomic E-state index is 11.3. The SMILES string of the molecule is Cc1nc(N2CCc3[nH]c4ccc(-c5ccc(CN6CCCC6)cc5)cc4c3C2)ncc1C(=O)O. The summed E-state index contributed by atoms with van der Waals surface area (Å²) in [4.78, 5) is 28.4. The molecule has 0 aliphatic carbocycles. The predicted octanol–water partition coefficient (Wildman–Crippen LogP) is 4.79. The molecule has 0 amide bonds. The van der Waals surface area contributed by atoms with Crippen LogP contribution < -0.4 is 4.90 Å². The van der Waals surface area contributed by atoms with E-state index in [2.05, 4.69) is 67.2 Å². The molecular weight excluding hydrogens is 438 g/mol. The van der Waals surface area contributed by atoms with Crippen molar-refractivity contribution in [2.45, 2.75) is 39.3 Å². The molecule has 2 aliphatic rings. The highest BCUT2D eigenvalue weighted by Gasteiger charge is 2.23. The van der Waals surface area contributed by atoms with Crippen LogP contribution in [0.2, 0.25) is 0 Å². The summed E-state index contributed by atoms with van der Waals surface area (Å²) >= 11 is 0. The Hall–Kier alpha value is -3.71. The van der Waals surface area contributed by atoms with Gasteiger partial charge in [-0.05, 0) is 61.7 Å². The van der Waals surface area contributed by atoms with E-state index in [4.69, 9.17) is 0 Å². The third-order valence-corrected chi connectivity index (χ3v) is 7.35. The zero-order valence-corrected chi connectivity index (χ0v) is 19.9. The van der Waals surface area contributed by atoms with Crippen LogP contribution in [0, 0.1) is 6.92 Å². The maximum Gasteiger partial charge on any atom is 0.339 e. The fourth-order valence-corrected chi connectivity index (χ4v) is 5.38. The second kappa shape index (κ2) is 8.82. The van der Waals surface area contributed by atoms with Gasteiger partial charge in [-0.15, -0.1) is 0 Å². The van der Waals surface area contributed by atoms with Crippen LogP contribution in [0.3, 0.4) is 0 Å². The van der Waals surface area contributed by atoms with Crippen LogP contribution in [-0.4, -0.2) is 50.6 Å². The molecule has 6 rings (SSSR count). The smallest absolute Gasteiger partial charge is 0.339 e. The van der Waals surface area contributed by atoms with Gasteiger partial charge >= 0.3 is 5.97 Å². The average molecular weight is 468 g/mol. The first-order chi connectivity index (χ1) is 17.0. The summed E-state index contributed by atoms with van der Waals surface area (Å²) in [7, 11) is 0. The summed E-state index contributed by atoms with van der Waals surface area (Å²) in [6, 6.07) is 15.6. The van der Waals surface area contributed by atoms with Crippen molar-refractivity contribution in [2.24, 2.45) is 0 Å². The number of aromatic nitrogens is 3. The van der Waals surface area contributed by atoms with Crippen molar-refractivity contribution < 1.29 is 9.90 Å². The van der Waals surface area contributed by atoms with Gasteiger partial charge in [0.15, 0.2) is 0 Å². The Morgan fingerprint density at radius 2 is 1.83 bits per heavy atom. The number of aromatic carboxylic acids is 1. The molecule has 7 heteroatoms. The summed E-state index contributed by atoms with van der Waals surface area (Å²) in [5.41, 5.74) is 8.11. The predicted molar refractivity (Wildman–Crippen MR) is 137 cm³/mol. The Morgan fingerprint density at radius 3 is 2.57 bits per heavy atom. The lowest BCUT2D eigenvalue weighted by molar-refractivity contribution is 0.0695. The van der Waals surface area contributed by atoms with E-state index in [-0.39, 0.29) is 5.56 Å². The fourth-order valence-electron chi connectivity index (χ4n) is 5.38. The number of aryl methyl sites for hydroxylation is 1. The van der Waals surface area contributed by atoms with Crippen LogP contribution >= 0.6 is 0 Å². The topological polar surface area (TPSA) is 85.4 Å². The fraction of sp³-hybridized carbons (Fsp3) is 0.321. The van der Waals surface area contributed by atoms with Crippen molar-refractivity contribution in [3.05, 3.63) is 76.7 Å². The van der Waals surface area contributed by atoms with Crippen molar-refractivity contribution in [3.8, 4) is 11.1 Å². The third-order valence-electron chi connectivity index (χ3n) is 7.35. The van der Waals surface area contributed by atoms with Crippen molar-refractivity contribution in [1.82, 2.24) is 19.9 Å². The monoisotopic (exact) mass is 467 g/mol. The number of carboxylic acid groups (broad SMARTS) is 1. The van der Waals surface area contributed by atoms with E-state index in [0.29, 0.717) is 18.2 Å². The van der Waals surface area contributed by atoms with Gasteiger partial charge in [-0.1, -0.05) is 30.3 Å². The molecular formula is C28H29N5O2. The van der Waals surface area contributed by atoms with Gasteiger partial charge in [0.05, 0.1) is 11.3 Å².